The van der Waals surface area contributed by atoms with Crippen LogP contribution in [0.5, 0.6) is 0 Å². The van der Waals surface area contributed by atoms with Crippen LogP contribution in [-0.2, 0) is 0 Å². The standard InChI is InChI=1S/C9H7Br2Cl/c10-9(11)5-8(9)6-2-1-3-7(12)4-6/h1-4,8H,5H2/t8-/m0/s1. The van der Waals surface area contributed by atoms with E-state index >= 15 is 0 Å². The number of hydrogen-bond acceptors (Lipinski definition) is 0. The van der Waals surface area contributed by atoms with Gasteiger partial charge in [0.25, 0.3) is 0 Å². The Morgan fingerprint density at radius 3 is 2.58 bits per heavy atom. The van der Waals surface area contributed by atoms with Crippen LogP contribution in [-0.4, -0.2) is 3.23 Å². The van der Waals surface area contributed by atoms with Gasteiger partial charge in [0.2, 0.25) is 0 Å². The molecule has 0 heterocycles. The van der Waals surface area contributed by atoms with E-state index in [0.29, 0.717) is 5.92 Å². The third-order valence-electron chi connectivity index (χ3n) is 2.08. The molecule has 2 rings (SSSR count). The summed E-state index contributed by atoms with van der Waals surface area (Å²) in [6.07, 6.45) is 1.13. The van der Waals surface area contributed by atoms with Crippen molar-refractivity contribution in [2.45, 2.75) is 15.6 Å². The maximum atomic E-state index is 5.88. The van der Waals surface area contributed by atoms with E-state index in [4.69, 9.17) is 11.6 Å². The first-order valence-corrected chi connectivity index (χ1v) is 5.69. The van der Waals surface area contributed by atoms with Gasteiger partial charge in [-0.05, 0) is 24.1 Å². The van der Waals surface area contributed by atoms with E-state index in [1.807, 2.05) is 18.2 Å². The van der Waals surface area contributed by atoms with Crippen molar-refractivity contribution in [1.29, 1.82) is 0 Å². The minimum atomic E-state index is 0.130. The van der Waals surface area contributed by atoms with Crippen LogP contribution in [0.1, 0.15) is 17.9 Å². The molecule has 0 N–H and O–H groups in total. The number of benzene rings is 1. The summed E-state index contributed by atoms with van der Waals surface area (Å²) in [5.41, 5.74) is 1.30. The van der Waals surface area contributed by atoms with E-state index in [-0.39, 0.29) is 3.23 Å². The molecule has 1 atom stereocenters. The normalized spacial score (nSPS) is 25.4. The molecule has 1 aromatic carbocycles. The van der Waals surface area contributed by atoms with Crippen LogP contribution >= 0.6 is 43.5 Å². The van der Waals surface area contributed by atoms with Crippen molar-refractivity contribution in [1.82, 2.24) is 0 Å². The van der Waals surface area contributed by atoms with Gasteiger partial charge in [0.05, 0.1) is 3.23 Å². The van der Waals surface area contributed by atoms with Crippen LogP contribution in [0.2, 0.25) is 5.02 Å². The molecule has 1 aromatic rings. The van der Waals surface area contributed by atoms with Gasteiger partial charge in [0.15, 0.2) is 0 Å². The molecule has 0 saturated heterocycles. The zero-order valence-corrected chi connectivity index (χ0v) is 10.2. The Labute approximate surface area is 93.6 Å². The molecule has 1 fully saturated rings. The molecule has 0 nitrogen and oxygen atoms in total. The fourth-order valence-electron chi connectivity index (χ4n) is 1.30. The van der Waals surface area contributed by atoms with Gasteiger partial charge in [0, 0.05) is 10.9 Å². The van der Waals surface area contributed by atoms with Gasteiger partial charge < -0.3 is 0 Å². The first kappa shape index (κ1) is 9.04. The number of alkyl halides is 2. The largest absolute Gasteiger partial charge is 0.0881 e. The SMILES string of the molecule is Clc1cccc([C@@H]2CC2(Br)Br)c1. The van der Waals surface area contributed by atoms with E-state index in [2.05, 4.69) is 37.9 Å². The average molecular weight is 310 g/mol. The zero-order valence-electron chi connectivity index (χ0n) is 6.23. The molecule has 1 aliphatic carbocycles. The highest BCUT2D eigenvalue weighted by Gasteiger charge is 2.50. The number of hydrogen-bond donors (Lipinski definition) is 0. The summed E-state index contributed by atoms with van der Waals surface area (Å²) in [6.45, 7) is 0. The smallest absolute Gasteiger partial charge is 0.0843 e. The highest BCUT2D eigenvalue weighted by molar-refractivity contribution is 9.25. The Balaban J connectivity index is 2.26. The van der Waals surface area contributed by atoms with Crippen LogP contribution < -0.4 is 0 Å². The zero-order chi connectivity index (χ0) is 8.77. The van der Waals surface area contributed by atoms with Crippen LogP contribution in [0.15, 0.2) is 24.3 Å². The van der Waals surface area contributed by atoms with Gasteiger partial charge in [-0.1, -0.05) is 55.6 Å². The van der Waals surface area contributed by atoms with Gasteiger partial charge in [0.1, 0.15) is 0 Å². The molecule has 1 saturated carbocycles. The minimum Gasteiger partial charge on any atom is -0.0843 e. The molecular weight excluding hydrogens is 303 g/mol. The monoisotopic (exact) mass is 308 g/mol. The second kappa shape index (κ2) is 3.00. The van der Waals surface area contributed by atoms with Gasteiger partial charge >= 0.3 is 0 Å². The van der Waals surface area contributed by atoms with Crippen molar-refractivity contribution in [3.05, 3.63) is 34.9 Å². The van der Waals surface area contributed by atoms with Crippen molar-refractivity contribution in [3.63, 3.8) is 0 Å². The number of halogens is 3. The minimum absolute atomic E-state index is 0.130. The molecule has 0 bridgehead atoms. The van der Waals surface area contributed by atoms with Crippen molar-refractivity contribution in [2.75, 3.05) is 0 Å². The van der Waals surface area contributed by atoms with Crippen LogP contribution in [0, 0.1) is 0 Å². The van der Waals surface area contributed by atoms with Crippen molar-refractivity contribution in [3.8, 4) is 0 Å². The molecule has 0 spiro atoms. The lowest BCUT2D eigenvalue weighted by Crippen LogP contribution is -1.87. The highest BCUT2D eigenvalue weighted by atomic mass is 79.9. The molecule has 3 heteroatoms. The Morgan fingerprint density at radius 2 is 2.08 bits per heavy atom. The van der Waals surface area contributed by atoms with E-state index in [1.165, 1.54) is 5.56 Å². The quantitative estimate of drug-likeness (QED) is 0.678. The first-order valence-electron chi connectivity index (χ1n) is 3.73. The lowest BCUT2D eigenvalue weighted by atomic mass is 10.1. The van der Waals surface area contributed by atoms with Crippen molar-refractivity contribution < 1.29 is 0 Å². The molecule has 12 heavy (non-hydrogen) atoms. The van der Waals surface area contributed by atoms with Crippen molar-refractivity contribution >= 4 is 43.5 Å². The van der Waals surface area contributed by atoms with Gasteiger partial charge in [-0.3, -0.25) is 0 Å². The Hall–Kier alpha value is 0.470. The molecule has 0 aromatic heterocycles. The predicted molar refractivity (Wildman–Crippen MR) is 59.4 cm³/mol. The second-order valence-electron chi connectivity index (χ2n) is 3.07. The third-order valence-corrected chi connectivity index (χ3v) is 4.06. The summed E-state index contributed by atoms with van der Waals surface area (Å²) in [4.78, 5) is 0. The second-order valence-corrected chi connectivity index (χ2v) is 7.40. The van der Waals surface area contributed by atoms with E-state index in [1.54, 1.807) is 0 Å². The van der Waals surface area contributed by atoms with Crippen molar-refractivity contribution in [2.24, 2.45) is 0 Å². The van der Waals surface area contributed by atoms with Gasteiger partial charge in [-0.2, -0.15) is 0 Å². The number of rotatable bonds is 1. The topological polar surface area (TPSA) is 0 Å². The summed E-state index contributed by atoms with van der Waals surface area (Å²) in [5.74, 6) is 0.566. The average Bonchev–Trinajstić information content (AvgIpc) is 2.60. The lowest BCUT2D eigenvalue weighted by molar-refractivity contribution is 1.13. The Morgan fingerprint density at radius 1 is 1.42 bits per heavy atom. The predicted octanol–water partition coefficient (Wildman–Crippen LogP) is 4.31. The fourth-order valence-corrected chi connectivity index (χ4v) is 2.67. The lowest BCUT2D eigenvalue weighted by Gasteiger charge is -2.00. The summed E-state index contributed by atoms with van der Waals surface area (Å²) in [5, 5.41) is 0.815. The molecule has 1 aliphatic rings. The first-order chi connectivity index (χ1) is 5.59. The fraction of sp³-hybridized carbons (Fsp3) is 0.333. The summed E-state index contributed by atoms with van der Waals surface area (Å²) < 4.78 is 0.130. The van der Waals surface area contributed by atoms with E-state index in [9.17, 15) is 0 Å². The molecule has 0 unspecified atom stereocenters. The molecule has 0 amide bonds. The van der Waals surface area contributed by atoms with Crippen LogP contribution in [0.4, 0.5) is 0 Å². The van der Waals surface area contributed by atoms with Crippen LogP contribution in [0.25, 0.3) is 0 Å². The summed E-state index contributed by atoms with van der Waals surface area (Å²) in [6, 6.07) is 8.03. The van der Waals surface area contributed by atoms with Crippen LogP contribution in [0.3, 0.4) is 0 Å². The highest BCUT2D eigenvalue weighted by Crippen LogP contribution is 2.62. The molecule has 0 aliphatic heterocycles. The van der Waals surface area contributed by atoms with Gasteiger partial charge in [-0.25, -0.2) is 0 Å². The summed E-state index contributed by atoms with van der Waals surface area (Å²) >= 11 is 13.1. The maximum Gasteiger partial charge on any atom is 0.0881 e. The molecular formula is C9H7Br2Cl. The van der Waals surface area contributed by atoms with Gasteiger partial charge in [-0.15, -0.1) is 0 Å². The maximum absolute atomic E-state index is 5.88. The van der Waals surface area contributed by atoms with E-state index < -0.39 is 0 Å². The summed E-state index contributed by atoms with van der Waals surface area (Å²) in [7, 11) is 0. The van der Waals surface area contributed by atoms with E-state index in [0.717, 1.165) is 11.4 Å². The third kappa shape index (κ3) is 1.70. The Kier molecular flexibility index (Phi) is 2.26. The molecule has 0 radical (unpaired) electrons. The Bertz CT molecular complexity index is 309. The molecule has 64 valence electrons.